The average Bonchev–Trinajstić information content (AvgIpc) is 2.56. The van der Waals surface area contributed by atoms with E-state index in [1.54, 1.807) is 0 Å². The average molecular weight is 444 g/mol. The third-order valence-corrected chi connectivity index (χ3v) is 4.43. The predicted molar refractivity (Wildman–Crippen MR) is 114 cm³/mol. The molecule has 1 aliphatic rings. The molecule has 1 heterocycles. The van der Waals surface area contributed by atoms with E-state index in [1.807, 2.05) is 0 Å². The standard InChI is InChI=1S/C19H32N4.HI/c1-4-20-19(21-5-2)22-14-17-10-12-23(13-11-17)15-18-8-6-16(3)7-9-18;/h6-9,17H,4-5,10-15H2,1-3H3,(H2,20,21,22);1H. The Morgan fingerprint density at radius 3 is 2.21 bits per heavy atom. The molecule has 0 aromatic heterocycles. The number of piperidine rings is 1. The van der Waals surface area contributed by atoms with Gasteiger partial charge in [-0.3, -0.25) is 9.89 Å². The molecule has 0 spiro atoms. The number of aliphatic imine (C=N–C) groups is 1. The Bertz CT molecular complexity index is 471. The van der Waals surface area contributed by atoms with Crippen LogP contribution in [0.3, 0.4) is 0 Å². The van der Waals surface area contributed by atoms with Crippen molar-refractivity contribution in [1.29, 1.82) is 0 Å². The fourth-order valence-electron chi connectivity index (χ4n) is 3.01. The summed E-state index contributed by atoms with van der Waals surface area (Å²) in [5, 5.41) is 6.60. The molecule has 0 unspecified atom stereocenters. The van der Waals surface area contributed by atoms with Gasteiger partial charge in [-0.1, -0.05) is 29.8 Å². The molecule has 1 saturated heterocycles. The highest BCUT2D eigenvalue weighted by atomic mass is 127. The minimum absolute atomic E-state index is 0. The van der Waals surface area contributed by atoms with Crippen LogP contribution in [0.5, 0.6) is 0 Å². The minimum atomic E-state index is 0. The van der Waals surface area contributed by atoms with Gasteiger partial charge in [-0.05, 0) is 58.2 Å². The second kappa shape index (κ2) is 11.7. The van der Waals surface area contributed by atoms with Crippen LogP contribution in [0.25, 0.3) is 0 Å². The van der Waals surface area contributed by atoms with Crippen LogP contribution in [0.4, 0.5) is 0 Å². The van der Waals surface area contributed by atoms with Crippen LogP contribution in [0.1, 0.15) is 37.8 Å². The largest absolute Gasteiger partial charge is 0.357 e. The van der Waals surface area contributed by atoms with Crippen molar-refractivity contribution in [2.75, 3.05) is 32.7 Å². The first-order valence-electron chi connectivity index (χ1n) is 9.01. The van der Waals surface area contributed by atoms with Crippen molar-refractivity contribution in [1.82, 2.24) is 15.5 Å². The van der Waals surface area contributed by atoms with Crippen LogP contribution in [0.2, 0.25) is 0 Å². The highest BCUT2D eigenvalue weighted by Gasteiger charge is 2.19. The molecule has 5 heteroatoms. The number of rotatable bonds is 6. The smallest absolute Gasteiger partial charge is 0.191 e. The molecule has 0 radical (unpaired) electrons. The molecule has 1 aromatic carbocycles. The predicted octanol–water partition coefficient (Wildman–Crippen LogP) is 3.40. The van der Waals surface area contributed by atoms with E-state index in [0.717, 1.165) is 38.1 Å². The van der Waals surface area contributed by atoms with Crippen molar-refractivity contribution in [3.8, 4) is 0 Å². The first-order valence-corrected chi connectivity index (χ1v) is 9.01. The zero-order chi connectivity index (χ0) is 16.5. The Kier molecular flexibility index (Phi) is 10.3. The van der Waals surface area contributed by atoms with Crippen LogP contribution in [0.15, 0.2) is 29.3 Å². The molecular weight excluding hydrogens is 411 g/mol. The molecule has 1 fully saturated rings. The lowest BCUT2D eigenvalue weighted by molar-refractivity contribution is 0.180. The summed E-state index contributed by atoms with van der Waals surface area (Å²) in [6, 6.07) is 8.93. The Hall–Kier alpha value is -0.820. The molecule has 0 aliphatic carbocycles. The van der Waals surface area contributed by atoms with Crippen molar-refractivity contribution in [2.45, 2.75) is 40.2 Å². The van der Waals surface area contributed by atoms with Gasteiger partial charge < -0.3 is 10.6 Å². The number of likely N-dealkylation sites (tertiary alicyclic amines) is 1. The Morgan fingerprint density at radius 1 is 1.08 bits per heavy atom. The van der Waals surface area contributed by atoms with Crippen LogP contribution in [-0.2, 0) is 6.54 Å². The molecule has 1 aliphatic heterocycles. The lowest BCUT2D eigenvalue weighted by atomic mass is 9.96. The normalized spacial score (nSPS) is 15.5. The van der Waals surface area contributed by atoms with Gasteiger partial charge in [0.15, 0.2) is 5.96 Å². The number of aryl methyl sites for hydroxylation is 1. The SMILES string of the molecule is CCNC(=NCC1CCN(Cc2ccc(C)cc2)CC1)NCC.I. The van der Waals surface area contributed by atoms with Crippen LogP contribution in [0, 0.1) is 12.8 Å². The van der Waals surface area contributed by atoms with Crippen LogP contribution < -0.4 is 10.6 Å². The van der Waals surface area contributed by atoms with E-state index >= 15 is 0 Å². The topological polar surface area (TPSA) is 39.7 Å². The highest BCUT2D eigenvalue weighted by Crippen LogP contribution is 2.19. The zero-order valence-electron chi connectivity index (χ0n) is 15.3. The summed E-state index contributed by atoms with van der Waals surface area (Å²) < 4.78 is 0. The highest BCUT2D eigenvalue weighted by molar-refractivity contribution is 14.0. The quantitative estimate of drug-likeness (QED) is 0.402. The summed E-state index contributed by atoms with van der Waals surface area (Å²) in [7, 11) is 0. The molecule has 2 N–H and O–H groups in total. The maximum atomic E-state index is 4.72. The van der Waals surface area contributed by atoms with Gasteiger partial charge in [0, 0.05) is 26.2 Å². The van der Waals surface area contributed by atoms with Crippen molar-refractivity contribution < 1.29 is 0 Å². The number of nitrogens with one attached hydrogen (secondary N) is 2. The number of halogens is 1. The fourth-order valence-corrected chi connectivity index (χ4v) is 3.01. The van der Waals surface area contributed by atoms with Gasteiger partial charge in [-0.15, -0.1) is 24.0 Å². The molecule has 0 amide bonds. The number of hydrogen-bond acceptors (Lipinski definition) is 2. The number of hydrogen-bond donors (Lipinski definition) is 2. The van der Waals surface area contributed by atoms with Crippen molar-refractivity contribution in [3.05, 3.63) is 35.4 Å². The lowest BCUT2D eigenvalue weighted by Crippen LogP contribution is -2.38. The third-order valence-electron chi connectivity index (χ3n) is 4.43. The summed E-state index contributed by atoms with van der Waals surface area (Å²) in [4.78, 5) is 7.29. The van der Waals surface area contributed by atoms with Crippen LogP contribution in [-0.4, -0.2) is 43.6 Å². The molecular formula is C19H33IN4. The van der Waals surface area contributed by atoms with Gasteiger partial charge >= 0.3 is 0 Å². The molecule has 0 saturated carbocycles. The number of guanidine groups is 1. The Balaban J connectivity index is 0.00000288. The van der Waals surface area contributed by atoms with Crippen molar-refractivity contribution in [3.63, 3.8) is 0 Å². The van der Waals surface area contributed by atoms with E-state index in [2.05, 4.69) is 60.6 Å². The van der Waals surface area contributed by atoms with E-state index in [1.165, 1.54) is 37.1 Å². The molecule has 4 nitrogen and oxygen atoms in total. The minimum Gasteiger partial charge on any atom is -0.357 e. The monoisotopic (exact) mass is 444 g/mol. The molecule has 24 heavy (non-hydrogen) atoms. The number of benzene rings is 1. The van der Waals surface area contributed by atoms with Gasteiger partial charge in [-0.25, -0.2) is 0 Å². The van der Waals surface area contributed by atoms with Crippen molar-refractivity contribution >= 4 is 29.9 Å². The van der Waals surface area contributed by atoms with E-state index in [4.69, 9.17) is 4.99 Å². The maximum Gasteiger partial charge on any atom is 0.191 e. The Morgan fingerprint density at radius 2 is 1.67 bits per heavy atom. The van der Waals surface area contributed by atoms with E-state index in [-0.39, 0.29) is 24.0 Å². The van der Waals surface area contributed by atoms with Gasteiger partial charge in [0.25, 0.3) is 0 Å². The van der Waals surface area contributed by atoms with E-state index in [9.17, 15) is 0 Å². The van der Waals surface area contributed by atoms with Crippen molar-refractivity contribution in [2.24, 2.45) is 10.9 Å². The van der Waals surface area contributed by atoms with Gasteiger partial charge in [0.1, 0.15) is 0 Å². The fraction of sp³-hybridized carbons (Fsp3) is 0.632. The molecule has 2 rings (SSSR count). The summed E-state index contributed by atoms with van der Waals surface area (Å²) in [6.45, 7) is 12.6. The molecule has 1 aromatic rings. The molecule has 0 bridgehead atoms. The third kappa shape index (κ3) is 7.38. The number of nitrogens with zero attached hydrogens (tertiary/aromatic N) is 2. The maximum absolute atomic E-state index is 4.72. The van der Waals surface area contributed by atoms with Gasteiger partial charge in [0.2, 0.25) is 0 Å². The molecule has 136 valence electrons. The second-order valence-corrected chi connectivity index (χ2v) is 6.46. The van der Waals surface area contributed by atoms with E-state index < -0.39 is 0 Å². The van der Waals surface area contributed by atoms with Gasteiger partial charge in [-0.2, -0.15) is 0 Å². The second-order valence-electron chi connectivity index (χ2n) is 6.46. The summed E-state index contributed by atoms with van der Waals surface area (Å²) >= 11 is 0. The van der Waals surface area contributed by atoms with Crippen LogP contribution >= 0.6 is 24.0 Å². The summed E-state index contributed by atoms with van der Waals surface area (Å²) in [5.41, 5.74) is 2.76. The lowest BCUT2D eigenvalue weighted by Gasteiger charge is -2.31. The molecule has 0 atom stereocenters. The zero-order valence-corrected chi connectivity index (χ0v) is 17.7. The summed E-state index contributed by atoms with van der Waals surface area (Å²) in [6.07, 6.45) is 2.50. The first kappa shape index (κ1) is 21.2. The van der Waals surface area contributed by atoms with E-state index in [0.29, 0.717) is 0 Å². The summed E-state index contributed by atoms with van der Waals surface area (Å²) in [5.74, 6) is 1.67. The van der Waals surface area contributed by atoms with Gasteiger partial charge in [0.05, 0.1) is 0 Å². The Labute approximate surface area is 164 Å². The first-order chi connectivity index (χ1) is 11.2.